The molecule has 1 fully saturated rings. The summed E-state index contributed by atoms with van der Waals surface area (Å²) in [6, 6.07) is 6.12. The minimum Gasteiger partial charge on any atom is -0.493 e. The zero-order valence-corrected chi connectivity index (χ0v) is 23.0. The first-order valence-corrected chi connectivity index (χ1v) is 11.1. The lowest BCUT2D eigenvalue weighted by molar-refractivity contribution is -0.128. The zero-order chi connectivity index (χ0) is 23.6. The number of rotatable bonds is 10. The Morgan fingerprint density at radius 2 is 1.82 bits per heavy atom. The van der Waals surface area contributed by atoms with Crippen LogP contribution in [0, 0.1) is 5.41 Å². The van der Waals surface area contributed by atoms with Crippen LogP contribution < -0.4 is 25.4 Å². The van der Waals surface area contributed by atoms with Gasteiger partial charge in [0.1, 0.15) is 0 Å². The first-order chi connectivity index (χ1) is 15.4. The van der Waals surface area contributed by atoms with Crippen molar-refractivity contribution in [3.8, 4) is 11.5 Å². The first kappa shape index (κ1) is 29.2. The van der Waals surface area contributed by atoms with Crippen LogP contribution in [0.3, 0.4) is 0 Å². The van der Waals surface area contributed by atoms with Crippen molar-refractivity contribution in [1.29, 1.82) is 0 Å². The van der Waals surface area contributed by atoms with E-state index in [0.29, 0.717) is 50.3 Å². The first-order valence-electron chi connectivity index (χ1n) is 11.1. The molecule has 1 aromatic rings. The fourth-order valence-electron chi connectivity index (χ4n) is 3.61. The molecule has 0 spiro atoms. The fourth-order valence-corrected chi connectivity index (χ4v) is 3.61. The predicted octanol–water partition coefficient (Wildman–Crippen LogP) is 2.02. The number of amides is 1. The van der Waals surface area contributed by atoms with Crippen LogP contribution in [0.15, 0.2) is 23.2 Å². The molecule has 1 amide bonds. The smallest absolute Gasteiger partial charge is 0.227 e. The topological polar surface area (TPSA) is 96.5 Å². The van der Waals surface area contributed by atoms with Gasteiger partial charge in [-0.15, -0.1) is 24.0 Å². The molecule has 1 saturated heterocycles. The van der Waals surface area contributed by atoms with Gasteiger partial charge < -0.3 is 30.2 Å². The van der Waals surface area contributed by atoms with Crippen LogP contribution in [0.1, 0.15) is 32.4 Å². The molecule has 3 N–H and O–H groups in total. The number of guanidine groups is 1. The Morgan fingerprint density at radius 1 is 1.15 bits per heavy atom. The Hall–Kier alpha value is -1.79. The van der Waals surface area contributed by atoms with E-state index in [9.17, 15) is 4.79 Å². The Balaban J connectivity index is 0.00000544. The fraction of sp³-hybridized carbons (Fsp3) is 0.652. The third-order valence-electron chi connectivity index (χ3n) is 5.62. The minimum absolute atomic E-state index is 0. The largest absolute Gasteiger partial charge is 0.493 e. The van der Waals surface area contributed by atoms with Gasteiger partial charge in [0.15, 0.2) is 17.5 Å². The number of halogens is 1. The van der Waals surface area contributed by atoms with Gasteiger partial charge in [0.25, 0.3) is 0 Å². The molecule has 1 unspecified atom stereocenters. The molecule has 10 heteroatoms. The molecular weight excluding hydrogens is 537 g/mol. The molecule has 0 saturated carbocycles. The van der Waals surface area contributed by atoms with E-state index in [1.54, 1.807) is 21.3 Å². The van der Waals surface area contributed by atoms with Crippen LogP contribution in [0.5, 0.6) is 11.5 Å². The number of nitrogens with zero attached hydrogens (tertiary/aromatic N) is 2. The van der Waals surface area contributed by atoms with Crippen LogP contribution in [0.25, 0.3) is 0 Å². The average Bonchev–Trinajstić information content (AvgIpc) is 2.81. The van der Waals surface area contributed by atoms with Crippen LogP contribution in [0.4, 0.5) is 0 Å². The predicted molar refractivity (Wildman–Crippen MR) is 142 cm³/mol. The highest BCUT2D eigenvalue weighted by Gasteiger charge is 2.28. The molecule has 188 valence electrons. The number of hydrogen-bond acceptors (Lipinski definition) is 6. The van der Waals surface area contributed by atoms with Crippen molar-refractivity contribution in [2.24, 2.45) is 10.4 Å². The summed E-state index contributed by atoms with van der Waals surface area (Å²) in [5.74, 6) is 2.07. The van der Waals surface area contributed by atoms with Gasteiger partial charge in [-0.3, -0.25) is 14.7 Å². The third kappa shape index (κ3) is 8.49. The molecule has 1 aliphatic rings. The standard InChI is InChI=1S/C23H39N5O4.HI/c1-7-25-21(29)23(2,3)16-27-22(24-4)26-15-18(28-10-12-32-13-11-28)17-8-9-19(30-5)20(14-17)31-6;/h8-9,14,18H,7,10-13,15-16H2,1-6H3,(H,25,29)(H2,24,26,27);1H. The van der Waals surface area contributed by atoms with Gasteiger partial charge in [-0.1, -0.05) is 6.07 Å². The SMILES string of the molecule is CCNC(=O)C(C)(C)CNC(=NC)NCC(c1ccc(OC)c(OC)c1)N1CCOCC1.I. The van der Waals surface area contributed by atoms with Crippen molar-refractivity contribution in [1.82, 2.24) is 20.9 Å². The molecule has 33 heavy (non-hydrogen) atoms. The summed E-state index contributed by atoms with van der Waals surface area (Å²) in [4.78, 5) is 19.0. The van der Waals surface area contributed by atoms with E-state index < -0.39 is 5.41 Å². The van der Waals surface area contributed by atoms with Crippen LogP contribution in [-0.2, 0) is 9.53 Å². The van der Waals surface area contributed by atoms with Crippen LogP contribution in [-0.4, -0.2) is 84.0 Å². The number of ether oxygens (including phenoxy) is 3. The molecule has 1 atom stereocenters. The normalized spacial score (nSPS) is 15.8. The number of hydrogen-bond donors (Lipinski definition) is 3. The monoisotopic (exact) mass is 577 g/mol. The van der Waals surface area contributed by atoms with Gasteiger partial charge in [-0.25, -0.2) is 0 Å². The van der Waals surface area contributed by atoms with Crippen LogP contribution in [0.2, 0.25) is 0 Å². The summed E-state index contributed by atoms with van der Waals surface area (Å²) < 4.78 is 16.5. The average molecular weight is 578 g/mol. The van der Waals surface area contributed by atoms with Gasteiger partial charge >= 0.3 is 0 Å². The van der Waals surface area contributed by atoms with E-state index in [0.717, 1.165) is 18.7 Å². The van der Waals surface area contributed by atoms with Crippen molar-refractivity contribution >= 4 is 35.8 Å². The van der Waals surface area contributed by atoms with Crippen molar-refractivity contribution in [2.45, 2.75) is 26.8 Å². The van der Waals surface area contributed by atoms with Crippen molar-refractivity contribution < 1.29 is 19.0 Å². The molecule has 0 radical (unpaired) electrons. The molecule has 0 aliphatic carbocycles. The maximum absolute atomic E-state index is 12.3. The van der Waals surface area contributed by atoms with E-state index in [1.807, 2.05) is 32.9 Å². The number of morpholine rings is 1. The molecule has 1 aliphatic heterocycles. The minimum atomic E-state index is -0.555. The summed E-state index contributed by atoms with van der Waals surface area (Å²) in [7, 11) is 5.01. The van der Waals surface area contributed by atoms with E-state index in [2.05, 4.69) is 31.9 Å². The zero-order valence-electron chi connectivity index (χ0n) is 20.7. The number of aliphatic imine (C=N–C) groups is 1. The Morgan fingerprint density at radius 3 is 2.39 bits per heavy atom. The molecule has 1 heterocycles. The highest BCUT2D eigenvalue weighted by atomic mass is 127. The van der Waals surface area contributed by atoms with Gasteiger partial charge in [-0.05, 0) is 38.5 Å². The van der Waals surface area contributed by atoms with Crippen molar-refractivity contribution in [2.75, 3.05) is 67.2 Å². The van der Waals surface area contributed by atoms with Crippen molar-refractivity contribution in [3.05, 3.63) is 23.8 Å². The lowest BCUT2D eigenvalue weighted by atomic mass is 9.92. The second kappa shape index (κ2) is 14.5. The van der Waals surface area contributed by atoms with Crippen LogP contribution >= 0.6 is 24.0 Å². The number of methoxy groups -OCH3 is 2. The molecule has 0 bridgehead atoms. The Kier molecular flexibility index (Phi) is 12.8. The molecule has 2 rings (SSSR count). The van der Waals surface area contributed by atoms with E-state index in [-0.39, 0.29) is 35.9 Å². The van der Waals surface area contributed by atoms with E-state index in [4.69, 9.17) is 14.2 Å². The summed E-state index contributed by atoms with van der Waals surface area (Å²) in [6.45, 7) is 10.6. The number of nitrogens with one attached hydrogen (secondary N) is 3. The summed E-state index contributed by atoms with van der Waals surface area (Å²) in [5, 5.41) is 9.60. The summed E-state index contributed by atoms with van der Waals surface area (Å²) >= 11 is 0. The second-order valence-corrected chi connectivity index (χ2v) is 8.33. The van der Waals surface area contributed by atoms with Gasteiger partial charge in [-0.2, -0.15) is 0 Å². The maximum Gasteiger partial charge on any atom is 0.227 e. The van der Waals surface area contributed by atoms with Crippen molar-refractivity contribution in [3.63, 3.8) is 0 Å². The molecule has 0 aromatic heterocycles. The molecule has 9 nitrogen and oxygen atoms in total. The van der Waals surface area contributed by atoms with Gasteiger partial charge in [0.2, 0.25) is 5.91 Å². The Bertz CT molecular complexity index is 769. The maximum atomic E-state index is 12.3. The van der Waals surface area contributed by atoms with E-state index >= 15 is 0 Å². The number of benzene rings is 1. The summed E-state index contributed by atoms with van der Waals surface area (Å²) in [5.41, 5.74) is 0.566. The lowest BCUT2D eigenvalue weighted by Gasteiger charge is -2.35. The van der Waals surface area contributed by atoms with E-state index in [1.165, 1.54) is 0 Å². The van der Waals surface area contributed by atoms with Gasteiger partial charge in [0, 0.05) is 39.8 Å². The highest BCUT2D eigenvalue weighted by molar-refractivity contribution is 14.0. The molecular formula is C23H40IN5O4. The summed E-state index contributed by atoms with van der Waals surface area (Å²) in [6.07, 6.45) is 0. The third-order valence-corrected chi connectivity index (χ3v) is 5.62. The lowest BCUT2D eigenvalue weighted by Crippen LogP contribution is -2.50. The number of carbonyl (C=O) groups is 1. The highest BCUT2D eigenvalue weighted by Crippen LogP contribution is 2.32. The number of carbonyl (C=O) groups excluding carboxylic acids is 1. The Labute approximate surface area is 215 Å². The van der Waals surface area contributed by atoms with Gasteiger partial charge in [0.05, 0.1) is 38.9 Å². The second-order valence-electron chi connectivity index (χ2n) is 8.33. The quantitative estimate of drug-likeness (QED) is 0.223. The molecule has 1 aromatic carbocycles.